The molecule has 0 fully saturated rings. The van der Waals surface area contributed by atoms with Crippen LogP contribution in [-0.2, 0) is 5.75 Å². The fourth-order valence-electron chi connectivity index (χ4n) is 1.83. The van der Waals surface area contributed by atoms with E-state index < -0.39 is 6.10 Å². The average Bonchev–Trinajstić information content (AvgIpc) is 2.49. The summed E-state index contributed by atoms with van der Waals surface area (Å²) in [4.78, 5) is 0. The third-order valence-corrected chi connectivity index (χ3v) is 5.42. The summed E-state index contributed by atoms with van der Waals surface area (Å²) in [5.74, 6) is 0.744. The van der Waals surface area contributed by atoms with Crippen molar-refractivity contribution in [1.82, 2.24) is 0 Å². The van der Waals surface area contributed by atoms with Gasteiger partial charge in [-0.25, -0.2) is 0 Å². The lowest BCUT2D eigenvalue weighted by molar-refractivity contribution is 0.184. The molecular formula is C17H19Cl2NOS. The Labute approximate surface area is 144 Å². The Morgan fingerprint density at radius 3 is 2.09 bits per heavy atom. The van der Waals surface area contributed by atoms with Crippen LogP contribution in [0.5, 0.6) is 0 Å². The van der Waals surface area contributed by atoms with Crippen molar-refractivity contribution in [3.8, 4) is 0 Å². The van der Waals surface area contributed by atoms with E-state index >= 15 is 0 Å². The fourth-order valence-corrected chi connectivity index (χ4v) is 3.41. The van der Waals surface area contributed by atoms with E-state index in [2.05, 4.69) is 24.3 Å². The largest absolute Gasteiger partial charge is 0.391 e. The molecule has 3 rings (SSSR count). The van der Waals surface area contributed by atoms with Gasteiger partial charge < -0.3 is 10.8 Å². The summed E-state index contributed by atoms with van der Waals surface area (Å²) in [6.45, 7) is 2.23. The van der Waals surface area contributed by atoms with E-state index in [1.54, 1.807) is 17.8 Å². The lowest BCUT2D eigenvalue weighted by Crippen LogP contribution is -2.28. The number of aliphatic hydroxyl groups excluding tert-OH is 1. The van der Waals surface area contributed by atoms with Crippen LogP contribution in [0.2, 0.25) is 10.0 Å². The highest BCUT2D eigenvalue weighted by atomic mass is 35.5. The number of nitrogens with two attached hydrogens (primary N) is 1. The van der Waals surface area contributed by atoms with Crippen LogP contribution in [0.15, 0.2) is 42.5 Å². The molecule has 0 aromatic heterocycles. The summed E-state index contributed by atoms with van der Waals surface area (Å²) in [6.07, 6.45) is -0.476. The predicted octanol–water partition coefficient (Wildman–Crippen LogP) is 4.22. The third kappa shape index (κ3) is 4.64. The Morgan fingerprint density at radius 1 is 1.09 bits per heavy atom. The van der Waals surface area contributed by atoms with Crippen molar-refractivity contribution in [2.24, 2.45) is 5.73 Å². The number of benzene rings is 2. The summed E-state index contributed by atoms with van der Waals surface area (Å²) >= 11 is 13.5. The highest BCUT2D eigenvalue weighted by Gasteiger charge is 2.13. The SMILES string of the molecule is CC(SCc1ccc(Cl)cc1Cl)C(O)CN.c1cc2ccc1=2. The second-order valence-electron chi connectivity index (χ2n) is 5.13. The fraction of sp³-hybridized carbons (Fsp3) is 0.294. The first-order valence-corrected chi connectivity index (χ1v) is 8.86. The van der Waals surface area contributed by atoms with Gasteiger partial charge in [0.15, 0.2) is 0 Å². The molecule has 0 spiro atoms. The molecule has 2 unspecified atom stereocenters. The zero-order chi connectivity index (χ0) is 16.1. The summed E-state index contributed by atoms with van der Waals surface area (Å²) in [6, 6.07) is 13.9. The van der Waals surface area contributed by atoms with Crippen LogP contribution in [-0.4, -0.2) is 23.0 Å². The van der Waals surface area contributed by atoms with Crippen LogP contribution in [0.25, 0.3) is 0 Å². The summed E-state index contributed by atoms with van der Waals surface area (Å²) in [5.41, 5.74) is 6.41. The third-order valence-electron chi connectivity index (χ3n) is 3.52. The van der Waals surface area contributed by atoms with Crippen molar-refractivity contribution >= 4 is 35.0 Å². The Morgan fingerprint density at radius 2 is 1.68 bits per heavy atom. The molecule has 2 aliphatic rings. The second kappa shape index (κ2) is 8.23. The van der Waals surface area contributed by atoms with Crippen LogP contribution in [0.4, 0.5) is 0 Å². The van der Waals surface area contributed by atoms with Gasteiger partial charge in [-0.05, 0) is 28.1 Å². The van der Waals surface area contributed by atoms with E-state index in [0.717, 1.165) is 11.3 Å². The molecule has 5 heteroatoms. The number of thioether (sulfide) groups is 1. The van der Waals surface area contributed by atoms with Gasteiger partial charge in [-0.1, -0.05) is 60.5 Å². The molecule has 0 aliphatic heterocycles. The van der Waals surface area contributed by atoms with Crippen molar-refractivity contribution < 1.29 is 5.11 Å². The van der Waals surface area contributed by atoms with Crippen molar-refractivity contribution in [1.29, 1.82) is 0 Å². The van der Waals surface area contributed by atoms with Crippen molar-refractivity contribution in [3.63, 3.8) is 0 Å². The molecule has 0 saturated heterocycles. The second-order valence-corrected chi connectivity index (χ2v) is 7.34. The Hall–Kier alpha value is -0.710. The monoisotopic (exact) mass is 355 g/mol. The van der Waals surface area contributed by atoms with Gasteiger partial charge in [0.25, 0.3) is 0 Å². The molecule has 0 amide bonds. The predicted molar refractivity (Wildman–Crippen MR) is 96.4 cm³/mol. The normalized spacial score (nSPS) is 13.9. The van der Waals surface area contributed by atoms with E-state index in [9.17, 15) is 5.11 Å². The van der Waals surface area contributed by atoms with Crippen LogP contribution in [0.1, 0.15) is 12.5 Å². The first-order chi connectivity index (χ1) is 10.5. The minimum atomic E-state index is -0.476. The number of hydrogen-bond acceptors (Lipinski definition) is 3. The van der Waals surface area contributed by atoms with Crippen LogP contribution in [0, 0.1) is 10.4 Å². The van der Waals surface area contributed by atoms with Crippen molar-refractivity contribution in [2.45, 2.75) is 24.0 Å². The van der Waals surface area contributed by atoms with Gasteiger partial charge in [0.05, 0.1) is 6.10 Å². The molecule has 0 heterocycles. The molecular weight excluding hydrogens is 337 g/mol. The minimum absolute atomic E-state index is 0.0942. The highest BCUT2D eigenvalue weighted by Crippen LogP contribution is 2.27. The Bertz CT molecular complexity index is 673. The maximum atomic E-state index is 9.52. The molecule has 0 saturated carbocycles. The standard InChI is InChI=1S/C11H15Cl2NOS.C6H4/c1-7(11(15)5-14)16-6-8-2-3-9(12)4-10(8)13;1-2-6-4-3-5(1)6/h2-4,7,11,15H,5-6,14H2,1H3;1-4H. The molecule has 2 atom stereocenters. The van der Waals surface area contributed by atoms with Crippen LogP contribution in [0.3, 0.4) is 0 Å². The summed E-state index contributed by atoms with van der Waals surface area (Å²) < 4.78 is 0. The van der Waals surface area contributed by atoms with Gasteiger partial charge in [-0.3, -0.25) is 0 Å². The lowest BCUT2D eigenvalue weighted by atomic mass is 10.1. The molecule has 2 nitrogen and oxygen atoms in total. The van der Waals surface area contributed by atoms with Gasteiger partial charge in [0.2, 0.25) is 0 Å². The zero-order valence-corrected chi connectivity index (χ0v) is 14.6. The molecule has 3 N–H and O–H groups in total. The molecule has 0 bridgehead atoms. The molecule has 2 aliphatic carbocycles. The van der Waals surface area contributed by atoms with Gasteiger partial charge in [0, 0.05) is 27.6 Å². The molecule has 118 valence electrons. The summed E-state index contributed by atoms with van der Waals surface area (Å²) in [7, 11) is 0. The van der Waals surface area contributed by atoms with Crippen LogP contribution < -0.4 is 5.73 Å². The quantitative estimate of drug-likeness (QED) is 0.719. The maximum Gasteiger partial charge on any atom is 0.0778 e. The lowest BCUT2D eigenvalue weighted by Gasteiger charge is -2.16. The molecule has 1 aromatic carbocycles. The van der Waals surface area contributed by atoms with Crippen LogP contribution >= 0.6 is 35.0 Å². The van der Waals surface area contributed by atoms with Gasteiger partial charge in [0.1, 0.15) is 0 Å². The van der Waals surface area contributed by atoms with Gasteiger partial charge in [-0.2, -0.15) is 11.8 Å². The number of rotatable bonds is 5. The first-order valence-electron chi connectivity index (χ1n) is 7.05. The minimum Gasteiger partial charge on any atom is -0.391 e. The van der Waals surface area contributed by atoms with E-state index in [4.69, 9.17) is 28.9 Å². The molecule has 1 aromatic rings. The van der Waals surface area contributed by atoms with Crippen molar-refractivity contribution in [2.75, 3.05) is 6.54 Å². The first kappa shape index (κ1) is 17.6. The topological polar surface area (TPSA) is 46.2 Å². The average molecular weight is 356 g/mol. The molecule has 22 heavy (non-hydrogen) atoms. The van der Waals surface area contributed by atoms with Gasteiger partial charge in [-0.15, -0.1) is 0 Å². The zero-order valence-electron chi connectivity index (χ0n) is 12.3. The van der Waals surface area contributed by atoms with E-state index in [0.29, 0.717) is 10.0 Å². The smallest absolute Gasteiger partial charge is 0.0778 e. The van der Waals surface area contributed by atoms with Gasteiger partial charge >= 0.3 is 0 Å². The number of hydrogen-bond donors (Lipinski definition) is 2. The van der Waals surface area contributed by atoms with E-state index in [1.165, 1.54) is 10.4 Å². The summed E-state index contributed by atoms with van der Waals surface area (Å²) in [5, 5.41) is 13.8. The van der Waals surface area contributed by atoms with Crippen molar-refractivity contribution in [3.05, 3.63) is 68.5 Å². The van der Waals surface area contributed by atoms with E-state index in [1.807, 2.05) is 19.1 Å². The number of halogens is 2. The van der Waals surface area contributed by atoms with E-state index in [-0.39, 0.29) is 11.8 Å². The highest BCUT2D eigenvalue weighted by molar-refractivity contribution is 7.99. The Balaban J connectivity index is 0.000000238. The molecule has 0 radical (unpaired) electrons. The maximum absolute atomic E-state index is 9.52. The Kier molecular flexibility index (Phi) is 6.60. The number of aliphatic hydroxyl groups is 1.